The third-order valence-electron chi connectivity index (χ3n) is 5.85. The number of halogens is 2. The van der Waals surface area contributed by atoms with E-state index in [1.807, 2.05) is 0 Å². The van der Waals surface area contributed by atoms with Crippen molar-refractivity contribution in [3.63, 3.8) is 0 Å². The number of carbonyl (C=O) groups excluding carboxylic acids is 1. The molecule has 1 aliphatic heterocycles. The number of anilines is 1. The Bertz CT molecular complexity index is 910. The Labute approximate surface area is 193 Å². The van der Waals surface area contributed by atoms with Crippen LogP contribution in [0.25, 0.3) is 0 Å². The van der Waals surface area contributed by atoms with Gasteiger partial charge in [0.25, 0.3) is 0 Å². The lowest BCUT2D eigenvalue weighted by molar-refractivity contribution is -0.0132. The third kappa shape index (κ3) is 6.34. The number of likely N-dealkylation sites (tertiary alicyclic amines) is 1. The molecule has 0 bridgehead atoms. The van der Waals surface area contributed by atoms with Crippen molar-refractivity contribution in [2.75, 3.05) is 46.2 Å². The molecule has 2 aromatic rings. The summed E-state index contributed by atoms with van der Waals surface area (Å²) in [4.78, 5) is 15.3. The number of nitrogen functional groups attached to an aromatic ring is 1. The van der Waals surface area contributed by atoms with E-state index in [2.05, 4.69) is 4.90 Å². The second-order valence-corrected chi connectivity index (χ2v) is 8.39. The second kappa shape index (κ2) is 11.5. The zero-order chi connectivity index (χ0) is 23.1. The third-order valence-corrected chi connectivity index (χ3v) is 6.18. The number of benzene rings is 2. The van der Waals surface area contributed by atoms with Gasteiger partial charge in [-0.3, -0.25) is 4.79 Å². The van der Waals surface area contributed by atoms with Gasteiger partial charge in [0, 0.05) is 32.7 Å². The lowest BCUT2D eigenvalue weighted by Gasteiger charge is -2.37. The smallest absolute Gasteiger partial charge is 0.167 e. The minimum absolute atomic E-state index is 0.0306. The summed E-state index contributed by atoms with van der Waals surface area (Å²) in [6, 6.07) is 9.19. The highest BCUT2D eigenvalue weighted by atomic mass is 35.5. The molecule has 174 valence electrons. The van der Waals surface area contributed by atoms with Crippen molar-refractivity contribution in [3.8, 4) is 11.5 Å². The fraction of sp³-hybridized carbons (Fsp3) is 0.458. The number of Topliss-reactive ketones (excluding diaryl/α,β-unsaturated/α-hetero) is 1. The molecule has 1 fully saturated rings. The molecule has 0 amide bonds. The van der Waals surface area contributed by atoms with E-state index < -0.39 is 0 Å². The van der Waals surface area contributed by atoms with E-state index in [9.17, 15) is 9.18 Å². The van der Waals surface area contributed by atoms with E-state index in [1.165, 1.54) is 19.2 Å². The first-order chi connectivity index (χ1) is 15.4. The normalized spacial score (nSPS) is 19.0. The lowest BCUT2D eigenvalue weighted by Crippen LogP contribution is -2.45. The number of hydrogen-bond acceptors (Lipinski definition) is 6. The van der Waals surface area contributed by atoms with Crippen LogP contribution in [0.5, 0.6) is 11.5 Å². The summed E-state index contributed by atoms with van der Waals surface area (Å²) in [5.74, 6) is 0.903. The van der Waals surface area contributed by atoms with E-state index in [4.69, 9.17) is 31.5 Å². The van der Waals surface area contributed by atoms with Crippen LogP contribution >= 0.6 is 11.6 Å². The molecule has 0 spiro atoms. The van der Waals surface area contributed by atoms with Crippen LogP contribution in [0, 0.1) is 11.7 Å². The average Bonchev–Trinajstić information content (AvgIpc) is 2.80. The van der Waals surface area contributed by atoms with Crippen molar-refractivity contribution in [1.82, 2.24) is 4.90 Å². The molecule has 1 aliphatic rings. The van der Waals surface area contributed by atoms with Gasteiger partial charge in [0.2, 0.25) is 0 Å². The van der Waals surface area contributed by atoms with Gasteiger partial charge in [0.15, 0.2) is 5.78 Å². The van der Waals surface area contributed by atoms with Gasteiger partial charge in [-0.2, -0.15) is 0 Å². The molecule has 1 heterocycles. The highest BCUT2D eigenvalue weighted by molar-refractivity contribution is 6.33. The minimum atomic E-state index is -0.276. The van der Waals surface area contributed by atoms with Gasteiger partial charge in [-0.25, -0.2) is 4.39 Å². The Kier molecular flexibility index (Phi) is 8.73. The summed E-state index contributed by atoms with van der Waals surface area (Å²) in [7, 11) is 3.19. The highest BCUT2D eigenvalue weighted by Crippen LogP contribution is 2.32. The van der Waals surface area contributed by atoms with Crippen LogP contribution in [0.15, 0.2) is 36.4 Å². The van der Waals surface area contributed by atoms with Gasteiger partial charge in [-0.15, -0.1) is 0 Å². The Balaban J connectivity index is 1.49. The van der Waals surface area contributed by atoms with Crippen molar-refractivity contribution in [1.29, 1.82) is 0 Å². The zero-order valence-corrected chi connectivity index (χ0v) is 19.2. The van der Waals surface area contributed by atoms with Crippen molar-refractivity contribution >= 4 is 23.1 Å². The van der Waals surface area contributed by atoms with Gasteiger partial charge in [-0.1, -0.05) is 11.6 Å². The number of carbonyl (C=O) groups is 1. The fourth-order valence-electron chi connectivity index (χ4n) is 4.05. The predicted molar refractivity (Wildman–Crippen MR) is 123 cm³/mol. The first kappa shape index (κ1) is 24.3. The van der Waals surface area contributed by atoms with Crippen LogP contribution in [0.4, 0.5) is 10.1 Å². The van der Waals surface area contributed by atoms with E-state index in [-0.39, 0.29) is 23.6 Å². The van der Waals surface area contributed by atoms with Gasteiger partial charge in [-0.05, 0) is 55.6 Å². The van der Waals surface area contributed by atoms with Gasteiger partial charge in [0.1, 0.15) is 17.3 Å². The SMILES string of the molecule is COc1cc(N)c(Cl)cc1C(=O)CC1CCN(CCCOc2ccc(F)cc2)CC1OC. The number of ether oxygens (including phenoxy) is 3. The minimum Gasteiger partial charge on any atom is -0.496 e. The molecule has 32 heavy (non-hydrogen) atoms. The lowest BCUT2D eigenvalue weighted by atomic mass is 9.87. The van der Waals surface area contributed by atoms with Crippen molar-refractivity contribution in [2.45, 2.75) is 25.4 Å². The predicted octanol–water partition coefficient (Wildman–Crippen LogP) is 4.45. The average molecular weight is 465 g/mol. The van der Waals surface area contributed by atoms with Crippen molar-refractivity contribution in [3.05, 3.63) is 52.8 Å². The zero-order valence-electron chi connectivity index (χ0n) is 18.5. The van der Waals surface area contributed by atoms with Crippen LogP contribution in [-0.4, -0.2) is 57.2 Å². The molecule has 0 radical (unpaired) electrons. The largest absolute Gasteiger partial charge is 0.496 e. The topological polar surface area (TPSA) is 74.0 Å². The molecule has 2 N–H and O–H groups in total. The van der Waals surface area contributed by atoms with Gasteiger partial charge in [0.05, 0.1) is 36.1 Å². The molecule has 6 nitrogen and oxygen atoms in total. The van der Waals surface area contributed by atoms with Crippen molar-refractivity contribution in [2.24, 2.45) is 5.92 Å². The molecule has 2 aromatic carbocycles. The summed E-state index contributed by atoms with van der Waals surface area (Å²) < 4.78 is 29.7. The van der Waals surface area contributed by atoms with E-state index in [0.29, 0.717) is 40.8 Å². The molecular formula is C24H30ClFN2O4. The number of rotatable bonds is 10. The molecule has 1 saturated heterocycles. The second-order valence-electron chi connectivity index (χ2n) is 7.98. The van der Waals surface area contributed by atoms with Crippen LogP contribution in [-0.2, 0) is 4.74 Å². The number of nitrogens with two attached hydrogens (primary N) is 1. The monoisotopic (exact) mass is 464 g/mol. The molecule has 0 aromatic heterocycles. The summed E-state index contributed by atoms with van der Waals surface area (Å²) in [5.41, 5.74) is 6.65. The van der Waals surface area contributed by atoms with Crippen LogP contribution in [0.3, 0.4) is 0 Å². The maximum atomic E-state index is 13.0. The van der Waals surface area contributed by atoms with Gasteiger partial charge < -0.3 is 24.8 Å². The summed E-state index contributed by atoms with van der Waals surface area (Å²) in [6.45, 7) is 3.06. The maximum Gasteiger partial charge on any atom is 0.167 e. The Morgan fingerprint density at radius 1 is 1.25 bits per heavy atom. The number of nitrogens with zero attached hydrogens (tertiary/aromatic N) is 1. The first-order valence-electron chi connectivity index (χ1n) is 10.7. The van der Waals surface area contributed by atoms with Crippen LogP contribution in [0.1, 0.15) is 29.6 Å². The van der Waals surface area contributed by atoms with Gasteiger partial charge >= 0.3 is 0 Å². The van der Waals surface area contributed by atoms with Crippen molar-refractivity contribution < 1.29 is 23.4 Å². The molecule has 3 rings (SSSR count). The maximum absolute atomic E-state index is 13.0. The first-order valence-corrected chi connectivity index (χ1v) is 11.1. The Morgan fingerprint density at radius 3 is 2.69 bits per heavy atom. The van der Waals surface area contributed by atoms with E-state index >= 15 is 0 Å². The molecular weight excluding hydrogens is 435 g/mol. The number of ketones is 1. The Hall–Kier alpha value is -2.35. The van der Waals surface area contributed by atoms with Crippen LogP contribution in [0.2, 0.25) is 5.02 Å². The van der Waals surface area contributed by atoms with Crippen LogP contribution < -0.4 is 15.2 Å². The molecule has 8 heteroatoms. The molecule has 2 unspecified atom stereocenters. The highest BCUT2D eigenvalue weighted by Gasteiger charge is 2.31. The number of piperidine rings is 1. The molecule has 0 saturated carbocycles. The van der Waals surface area contributed by atoms with E-state index in [0.717, 1.165) is 32.5 Å². The fourth-order valence-corrected chi connectivity index (χ4v) is 4.21. The quantitative estimate of drug-likeness (QED) is 0.318. The molecule has 2 atom stereocenters. The molecule has 0 aliphatic carbocycles. The number of hydrogen-bond donors (Lipinski definition) is 1. The Morgan fingerprint density at radius 2 is 2.00 bits per heavy atom. The number of methoxy groups -OCH3 is 2. The summed E-state index contributed by atoms with van der Waals surface area (Å²) in [5, 5.41) is 0.343. The summed E-state index contributed by atoms with van der Waals surface area (Å²) in [6.07, 6.45) is 2.02. The summed E-state index contributed by atoms with van der Waals surface area (Å²) >= 11 is 6.12. The van der Waals surface area contributed by atoms with E-state index in [1.54, 1.807) is 31.4 Å². The standard InChI is InChI=1S/C24H30ClFN2O4/c1-30-23-14-21(27)20(25)13-19(23)22(29)12-16-8-10-28(15-24(16)31-2)9-3-11-32-18-6-4-17(26)5-7-18/h4-7,13-14,16,24H,3,8-12,15,27H2,1-2H3.